The van der Waals surface area contributed by atoms with Gasteiger partial charge in [-0.2, -0.15) is 0 Å². The van der Waals surface area contributed by atoms with Crippen LogP contribution in [0.15, 0.2) is 0 Å². The van der Waals surface area contributed by atoms with Gasteiger partial charge in [-0.3, -0.25) is 4.79 Å². The van der Waals surface area contributed by atoms with E-state index in [9.17, 15) is 4.79 Å². The highest BCUT2D eigenvalue weighted by Crippen LogP contribution is 1.91. The highest BCUT2D eigenvalue weighted by atomic mass is 35.5. The molecule has 6 heavy (non-hydrogen) atoms. The summed E-state index contributed by atoms with van der Waals surface area (Å²) in [6.45, 7) is 0. The summed E-state index contributed by atoms with van der Waals surface area (Å²) in [4.78, 5) is 9.39. The molecular weight excluding hydrogens is 123 g/mol. The fourth-order valence-electron chi connectivity index (χ4n) is 0.0315. The molecule has 0 aliphatic carbocycles. The monoisotopic (exact) mass is 125 g/mol. The maximum atomic E-state index is 9.39. The van der Waals surface area contributed by atoms with E-state index in [2.05, 4.69) is 0 Å². The Morgan fingerprint density at radius 3 is 2.33 bits per heavy atom. The molecule has 0 rings (SSSR count). The number of alkyl halides is 2. The number of halogens is 2. The van der Waals surface area contributed by atoms with E-state index in [1.165, 1.54) is 6.29 Å². The predicted molar refractivity (Wildman–Crippen MR) is 26.1 cm³/mol. The number of hydrogen-bond donors (Lipinski definition) is 0. The first-order chi connectivity index (χ1) is 2.81. The summed E-state index contributed by atoms with van der Waals surface area (Å²) in [5.41, 5.74) is 0. The van der Waals surface area contributed by atoms with Crippen molar-refractivity contribution in [2.75, 3.05) is 5.88 Å². The standard InChI is InChI=1S/C3H3Cl2O/c4-1-3(5)2-6/h3H,1H2. The SMILES string of the molecule is O=[C]C(Cl)CCl. The minimum Gasteiger partial charge on any atom is -0.289 e. The molecule has 0 amide bonds. The smallest absolute Gasteiger partial charge is 0.218 e. The van der Waals surface area contributed by atoms with E-state index in [0.717, 1.165) is 0 Å². The molecule has 0 aliphatic rings. The zero-order valence-corrected chi connectivity index (χ0v) is 4.46. The normalized spacial score (nSPS) is 13.7. The van der Waals surface area contributed by atoms with Crippen molar-refractivity contribution in [3.63, 3.8) is 0 Å². The van der Waals surface area contributed by atoms with Crippen LogP contribution < -0.4 is 0 Å². The van der Waals surface area contributed by atoms with Gasteiger partial charge in [0, 0.05) is 5.88 Å². The second-order valence-electron chi connectivity index (χ2n) is 0.740. The van der Waals surface area contributed by atoms with E-state index < -0.39 is 5.38 Å². The third-order valence-corrected chi connectivity index (χ3v) is 0.973. The minimum atomic E-state index is -0.633. The first-order valence-electron chi connectivity index (χ1n) is 1.39. The zero-order valence-electron chi connectivity index (χ0n) is 2.95. The first-order valence-corrected chi connectivity index (χ1v) is 2.36. The van der Waals surface area contributed by atoms with Crippen LogP contribution in [0.2, 0.25) is 0 Å². The Kier molecular flexibility index (Phi) is 3.58. The molecule has 0 saturated carbocycles. The molecule has 0 aliphatic heterocycles. The summed E-state index contributed by atoms with van der Waals surface area (Å²) in [7, 11) is 0. The quantitative estimate of drug-likeness (QED) is 0.503. The van der Waals surface area contributed by atoms with Crippen LogP contribution in [0.25, 0.3) is 0 Å². The van der Waals surface area contributed by atoms with E-state index in [-0.39, 0.29) is 5.88 Å². The van der Waals surface area contributed by atoms with Crippen molar-refractivity contribution in [2.45, 2.75) is 5.38 Å². The summed E-state index contributed by atoms with van der Waals surface area (Å²) >= 11 is 10.2. The van der Waals surface area contributed by atoms with Gasteiger partial charge in [-0.15, -0.1) is 23.2 Å². The van der Waals surface area contributed by atoms with Crippen molar-refractivity contribution < 1.29 is 4.79 Å². The van der Waals surface area contributed by atoms with Crippen molar-refractivity contribution in [1.29, 1.82) is 0 Å². The van der Waals surface area contributed by atoms with Gasteiger partial charge >= 0.3 is 0 Å². The molecule has 3 heteroatoms. The van der Waals surface area contributed by atoms with Crippen molar-refractivity contribution in [2.24, 2.45) is 0 Å². The molecule has 35 valence electrons. The molecule has 0 N–H and O–H groups in total. The van der Waals surface area contributed by atoms with Gasteiger partial charge in [0.25, 0.3) is 0 Å². The van der Waals surface area contributed by atoms with Crippen LogP contribution in [0.4, 0.5) is 0 Å². The zero-order chi connectivity index (χ0) is 4.99. The van der Waals surface area contributed by atoms with Gasteiger partial charge in [0.15, 0.2) is 0 Å². The minimum absolute atomic E-state index is 0.144. The lowest BCUT2D eigenvalue weighted by molar-refractivity contribution is 0.554. The molecule has 1 nitrogen and oxygen atoms in total. The summed E-state index contributed by atoms with van der Waals surface area (Å²) in [6.07, 6.45) is 1.50. The highest BCUT2D eigenvalue weighted by Gasteiger charge is 1.96. The van der Waals surface area contributed by atoms with Gasteiger partial charge < -0.3 is 0 Å². The Bertz CT molecular complexity index is 46.1. The molecule has 0 aromatic heterocycles. The molecule has 1 unspecified atom stereocenters. The van der Waals surface area contributed by atoms with Gasteiger partial charge in [-0.1, -0.05) is 0 Å². The van der Waals surface area contributed by atoms with Crippen molar-refractivity contribution in [3.05, 3.63) is 0 Å². The van der Waals surface area contributed by atoms with Crippen molar-refractivity contribution in [3.8, 4) is 0 Å². The Morgan fingerprint density at radius 2 is 2.33 bits per heavy atom. The Balaban J connectivity index is 2.96. The highest BCUT2D eigenvalue weighted by molar-refractivity contribution is 6.33. The Hall–Kier alpha value is 0.250. The molecule has 0 spiro atoms. The van der Waals surface area contributed by atoms with E-state index in [0.29, 0.717) is 0 Å². The topological polar surface area (TPSA) is 17.1 Å². The summed E-state index contributed by atoms with van der Waals surface area (Å²) in [6, 6.07) is 0. The fraction of sp³-hybridized carbons (Fsp3) is 0.667. The molecule has 0 bridgehead atoms. The Labute approximate surface area is 46.2 Å². The van der Waals surface area contributed by atoms with Crippen LogP contribution in [0, 0.1) is 0 Å². The largest absolute Gasteiger partial charge is 0.289 e. The molecule has 0 saturated heterocycles. The van der Waals surface area contributed by atoms with Crippen LogP contribution in [0.1, 0.15) is 0 Å². The second-order valence-corrected chi connectivity index (χ2v) is 1.58. The van der Waals surface area contributed by atoms with Crippen molar-refractivity contribution >= 4 is 29.5 Å². The molecular formula is C3H3Cl2O. The average molecular weight is 126 g/mol. The summed E-state index contributed by atoms with van der Waals surface area (Å²) < 4.78 is 0. The van der Waals surface area contributed by atoms with E-state index >= 15 is 0 Å². The van der Waals surface area contributed by atoms with Gasteiger partial charge in [-0.05, 0) is 0 Å². The van der Waals surface area contributed by atoms with Gasteiger partial charge in [-0.25, -0.2) is 0 Å². The molecule has 0 heterocycles. The number of hydrogen-bond acceptors (Lipinski definition) is 1. The van der Waals surface area contributed by atoms with Crippen LogP contribution in [0.3, 0.4) is 0 Å². The summed E-state index contributed by atoms with van der Waals surface area (Å²) in [5.74, 6) is 0.144. The van der Waals surface area contributed by atoms with Crippen LogP contribution in [-0.2, 0) is 4.79 Å². The predicted octanol–water partition coefficient (Wildman–Crippen LogP) is 0.942. The van der Waals surface area contributed by atoms with Gasteiger partial charge in [0.2, 0.25) is 6.29 Å². The van der Waals surface area contributed by atoms with Crippen LogP contribution in [0.5, 0.6) is 0 Å². The lowest BCUT2D eigenvalue weighted by Gasteiger charge is -1.83. The molecule has 0 fully saturated rings. The molecule has 0 aromatic rings. The Morgan fingerprint density at radius 1 is 1.83 bits per heavy atom. The molecule has 1 atom stereocenters. The van der Waals surface area contributed by atoms with Crippen LogP contribution in [-0.4, -0.2) is 17.5 Å². The number of rotatable bonds is 2. The van der Waals surface area contributed by atoms with E-state index in [1.54, 1.807) is 0 Å². The average Bonchev–Trinajstić information content (AvgIpc) is 1.65. The third kappa shape index (κ3) is 2.49. The summed E-state index contributed by atoms with van der Waals surface area (Å²) in [5, 5.41) is -0.633. The van der Waals surface area contributed by atoms with E-state index in [4.69, 9.17) is 23.2 Å². The van der Waals surface area contributed by atoms with E-state index in [1.807, 2.05) is 0 Å². The number of carbonyl (C=O) groups excluding carboxylic acids is 1. The second kappa shape index (κ2) is 3.44. The lowest BCUT2D eigenvalue weighted by atomic mass is 10.5. The first kappa shape index (κ1) is 6.25. The molecule has 1 radical (unpaired) electrons. The lowest BCUT2D eigenvalue weighted by Crippen LogP contribution is -1.98. The maximum absolute atomic E-state index is 9.39. The third-order valence-electron chi connectivity index (χ3n) is 0.263. The van der Waals surface area contributed by atoms with Crippen LogP contribution >= 0.6 is 23.2 Å². The maximum Gasteiger partial charge on any atom is 0.218 e. The molecule has 0 aromatic carbocycles. The van der Waals surface area contributed by atoms with Gasteiger partial charge in [0.05, 0.1) is 0 Å². The fourth-order valence-corrected chi connectivity index (χ4v) is 0.0945. The van der Waals surface area contributed by atoms with Crippen molar-refractivity contribution in [1.82, 2.24) is 0 Å². The van der Waals surface area contributed by atoms with Gasteiger partial charge in [0.1, 0.15) is 5.38 Å².